The average Bonchev–Trinajstić information content (AvgIpc) is 3.26. The van der Waals surface area contributed by atoms with Crippen LogP contribution in [0.4, 0.5) is 0 Å². The topological polar surface area (TPSA) is 53.8 Å². The highest BCUT2D eigenvalue weighted by Crippen LogP contribution is 2.21. The lowest BCUT2D eigenvalue weighted by molar-refractivity contribution is -0.143. The SMILES string of the molecule is CN(Cc1ccco1)C(=O)C1CCCN1C(=O)Cc1ccccc1. The van der Waals surface area contributed by atoms with Crippen LogP contribution in [0.1, 0.15) is 24.2 Å². The molecule has 24 heavy (non-hydrogen) atoms. The van der Waals surface area contributed by atoms with Gasteiger partial charge in [-0.25, -0.2) is 0 Å². The van der Waals surface area contributed by atoms with Gasteiger partial charge in [-0.1, -0.05) is 30.3 Å². The monoisotopic (exact) mass is 326 g/mol. The summed E-state index contributed by atoms with van der Waals surface area (Å²) < 4.78 is 5.30. The maximum atomic E-state index is 12.7. The van der Waals surface area contributed by atoms with Crippen LogP contribution >= 0.6 is 0 Å². The van der Waals surface area contributed by atoms with Crippen molar-refractivity contribution in [1.29, 1.82) is 0 Å². The molecule has 1 atom stereocenters. The van der Waals surface area contributed by atoms with E-state index in [0.717, 1.165) is 24.2 Å². The van der Waals surface area contributed by atoms with Crippen molar-refractivity contribution in [3.8, 4) is 0 Å². The van der Waals surface area contributed by atoms with E-state index in [9.17, 15) is 9.59 Å². The number of hydrogen-bond acceptors (Lipinski definition) is 3. The Morgan fingerprint density at radius 2 is 2.00 bits per heavy atom. The molecule has 1 unspecified atom stereocenters. The molecule has 5 heteroatoms. The molecule has 0 spiro atoms. The Bertz CT molecular complexity index is 682. The summed E-state index contributed by atoms with van der Waals surface area (Å²) in [5.74, 6) is 0.736. The van der Waals surface area contributed by atoms with E-state index in [1.807, 2.05) is 36.4 Å². The molecule has 2 aromatic rings. The van der Waals surface area contributed by atoms with Crippen LogP contribution in [0, 0.1) is 0 Å². The number of nitrogens with zero attached hydrogens (tertiary/aromatic N) is 2. The molecule has 0 saturated carbocycles. The molecule has 1 aliphatic heterocycles. The van der Waals surface area contributed by atoms with Gasteiger partial charge in [0.25, 0.3) is 0 Å². The molecule has 0 bridgehead atoms. The predicted octanol–water partition coefficient (Wildman–Crippen LogP) is 2.47. The lowest BCUT2D eigenvalue weighted by Crippen LogP contribution is -2.46. The number of furan rings is 1. The normalized spacial score (nSPS) is 17.0. The van der Waals surface area contributed by atoms with E-state index in [4.69, 9.17) is 4.42 Å². The van der Waals surface area contributed by atoms with E-state index in [1.54, 1.807) is 29.2 Å². The molecule has 2 amide bonds. The highest BCUT2D eigenvalue weighted by atomic mass is 16.3. The third kappa shape index (κ3) is 3.67. The summed E-state index contributed by atoms with van der Waals surface area (Å²) >= 11 is 0. The van der Waals surface area contributed by atoms with Gasteiger partial charge in [0.05, 0.1) is 19.2 Å². The van der Waals surface area contributed by atoms with Gasteiger partial charge in [-0.2, -0.15) is 0 Å². The molecular weight excluding hydrogens is 304 g/mol. The number of likely N-dealkylation sites (N-methyl/N-ethyl adjacent to an activating group) is 1. The van der Waals surface area contributed by atoms with Crippen LogP contribution < -0.4 is 0 Å². The van der Waals surface area contributed by atoms with Crippen LogP contribution in [0.5, 0.6) is 0 Å². The number of rotatable bonds is 5. The molecule has 0 aliphatic carbocycles. The number of likely N-dealkylation sites (tertiary alicyclic amines) is 1. The molecule has 126 valence electrons. The van der Waals surface area contributed by atoms with Crippen molar-refractivity contribution < 1.29 is 14.0 Å². The molecule has 0 radical (unpaired) electrons. The minimum absolute atomic E-state index is 0.0171. The first-order chi connectivity index (χ1) is 11.6. The minimum Gasteiger partial charge on any atom is -0.467 e. The van der Waals surface area contributed by atoms with E-state index in [2.05, 4.69) is 0 Å². The zero-order valence-electron chi connectivity index (χ0n) is 13.9. The van der Waals surface area contributed by atoms with Gasteiger partial charge in [0.2, 0.25) is 11.8 Å². The molecule has 1 fully saturated rings. The van der Waals surface area contributed by atoms with E-state index in [-0.39, 0.29) is 17.9 Å². The predicted molar refractivity (Wildman–Crippen MR) is 90.1 cm³/mol. The fourth-order valence-electron chi connectivity index (χ4n) is 3.16. The molecular formula is C19H22N2O3. The largest absolute Gasteiger partial charge is 0.467 e. The number of carbonyl (C=O) groups is 2. The zero-order chi connectivity index (χ0) is 16.9. The fraction of sp³-hybridized carbons (Fsp3) is 0.368. The van der Waals surface area contributed by atoms with Crippen molar-refractivity contribution in [2.75, 3.05) is 13.6 Å². The van der Waals surface area contributed by atoms with E-state index < -0.39 is 0 Å². The number of carbonyl (C=O) groups excluding carboxylic acids is 2. The van der Waals surface area contributed by atoms with Crippen molar-refractivity contribution in [1.82, 2.24) is 9.80 Å². The molecule has 1 aliphatic rings. The van der Waals surface area contributed by atoms with E-state index in [0.29, 0.717) is 19.5 Å². The highest BCUT2D eigenvalue weighted by molar-refractivity contribution is 5.89. The molecule has 1 aromatic carbocycles. The first-order valence-corrected chi connectivity index (χ1v) is 8.26. The molecule has 1 saturated heterocycles. The third-order valence-electron chi connectivity index (χ3n) is 4.41. The summed E-state index contributed by atoms with van der Waals surface area (Å²) in [5, 5.41) is 0. The lowest BCUT2D eigenvalue weighted by Gasteiger charge is -2.27. The minimum atomic E-state index is -0.360. The van der Waals surface area contributed by atoms with Crippen molar-refractivity contribution in [2.45, 2.75) is 31.8 Å². The Balaban J connectivity index is 1.63. The second-order valence-corrected chi connectivity index (χ2v) is 6.18. The van der Waals surface area contributed by atoms with Crippen molar-refractivity contribution >= 4 is 11.8 Å². The van der Waals surface area contributed by atoms with E-state index in [1.165, 1.54) is 0 Å². The van der Waals surface area contributed by atoms with Crippen LogP contribution in [0.25, 0.3) is 0 Å². The van der Waals surface area contributed by atoms with Gasteiger partial charge in [0, 0.05) is 13.6 Å². The third-order valence-corrected chi connectivity index (χ3v) is 4.41. The summed E-state index contributed by atoms with van der Waals surface area (Å²) in [6, 6.07) is 12.9. The summed E-state index contributed by atoms with van der Waals surface area (Å²) in [7, 11) is 1.75. The van der Waals surface area contributed by atoms with Gasteiger partial charge in [0.1, 0.15) is 11.8 Å². The van der Waals surface area contributed by atoms with Gasteiger partial charge in [-0.05, 0) is 30.5 Å². The van der Waals surface area contributed by atoms with Gasteiger partial charge in [-0.15, -0.1) is 0 Å². The van der Waals surface area contributed by atoms with Crippen molar-refractivity contribution in [3.63, 3.8) is 0 Å². The second-order valence-electron chi connectivity index (χ2n) is 6.18. The Morgan fingerprint density at radius 1 is 1.21 bits per heavy atom. The quantitative estimate of drug-likeness (QED) is 0.848. The highest BCUT2D eigenvalue weighted by Gasteiger charge is 2.35. The smallest absolute Gasteiger partial charge is 0.245 e. The van der Waals surface area contributed by atoms with Crippen molar-refractivity contribution in [2.24, 2.45) is 0 Å². The van der Waals surface area contributed by atoms with Crippen LogP contribution in [0.2, 0.25) is 0 Å². The maximum absolute atomic E-state index is 12.7. The zero-order valence-corrected chi connectivity index (χ0v) is 13.9. The molecule has 1 aromatic heterocycles. The molecule has 5 nitrogen and oxygen atoms in total. The lowest BCUT2D eigenvalue weighted by atomic mass is 10.1. The number of benzene rings is 1. The van der Waals surface area contributed by atoms with Gasteiger partial charge in [-0.3, -0.25) is 9.59 Å². The van der Waals surface area contributed by atoms with Gasteiger partial charge < -0.3 is 14.2 Å². The Kier molecular flexibility index (Phi) is 4.99. The van der Waals surface area contributed by atoms with E-state index >= 15 is 0 Å². The standard InChI is InChI=1S/C19H22N2O3/c1-20(14-16-9-6-12-24-16)19(23)17-10-5-11-21(17)18(22)13-15-7-3-2-4-8-15/h2-4,6-9,12,17H,5,10-11,13-14H2,1H3. The molecule has 2 heterocycles. The van der Waals surface area contributed by atoms with Crippen LogP contribution in [-0.2, 0) is 22.6 Å². The summed E-state index contributed by atoms with van der Waals surface area (Å²) in [6.45, 7) is 1.07. The van der Waals surface area contributed by atoms with Crippen LogP contribution in [0.3, 0.4) is 0 Å². The first kappa shape index (κ1) is 16.3. The van der Waals surface area contributed by atoms with Gasteiger partial charge in [0.15, 0.2) is 0 Å². The van der Waals surface area contributed by atoms with Crippen LogP contribution in [-0.4, -0.2) is 41.2 Å². The summed E-state index contributed by atoms with van der Waals surface area (Å²) in [6.07, 6.45) is 3.53. The van der Waals surface area contributed by atoms with Crippen LogP contribution in [0.15, 0.2) is 53.1 Å². The maximum Gasteiger partial charge on any atom is 0.245 e. The second kappa shape index (κ2) is 7.34. The van der Waals surface area contributed by atoms with Gasteiger partial charge >= 0.3 is 0 Å². The summed E-state index contributed by atoms with van der Waals surface area (Å²) in [5.41, 5.74) is 0.976. The molecule has 3 rings (SSSR count). The number of amides is 2. The Labute approximate surface area is 141 Å². The Morgan fingerprint density at radius 3 is 2.71 bits per heavy atom. The summed E-state index contributed by atoms with van der Waals surface area (Å²) in [4.78, 5) is 28.7. The van der Waals surface area contributed by atoms with Crippen molar-refractivity contribution in [3.05, 3.63) is 60.1 Å². The average molecular weight is 326 g/mol. The number of hydrogen-bond donors (Lipinski definition) is 0. The Hall–Kier alpha value is -2.56. The fourth-order valence-corrected chi connectivity index (χ4v) is 3.16. The first-order valence-electron chi connectivity index (χ1n) is 8.26. The molecule has 0 N–H and O–H groups in total.